The highest BCUT2D eigenvalue weighted by Crippen LogP contribution is 2.18. The Bertz CT molecular complexity index is 482. The van der Waals surface area contributed by atoms with Gasteiger partial charge < -0.3 is 10.4 Å². The number of nitrogens with one attached hydrogen (secondary N) is 1. The minimum absolute atomic E-state index is 0.121. The predicted octanol–water partition coefficient (Wildman–Crippen LogP) is 1.31. The smallest absolute Gasteiger partial charge is 0.328 e. The summed E-state index contributed by atoms with van der Waals surface area (Å²) in [5, 5.41) is 11.2. The number of nitrogens with zero attached hydrogens (tertiary/aromatic N) is 1. The molecule has 0 atom stereocenters. The highest BCUT2D eigenvalue weighted by atomic mass is 16.4. The molecule has 0 radical (unpaired) electrons. The van der Waals surface area contributed by atoms with Crippen LogP contribution < -0.4 is 10.2 Å². The van der Waals surface area contributed by atoms with Crippen molar-refractivity contribution in [2.75, 3.05) is 18.0 Å². The van der Waals surface area contributed by atoms with E-state index in [-0.39, 0.29) is 6.03 Å². The van der Waals surface area contributed by atoms with Gasteiger partial charge in [-0.2, -0.15) is 0 Å². The Morgan fingerprint density at radius 1 is 1.47 bits per heavy atom. The van der Waals surface area contributed by atoms with Crippen LogP contribution in [0.3, 0.4) is 0 Å². The molecule has 0 aliphatic carbocycles. The molecule has 1 aliphatic rings. The molecule has 2 amide bonds. The molecule has 2 rings (SSSR count). The largest absolute Gasteiger partial charge is 0.478 e. The van der Waals surface area contributed by atoms with E-state index in [1.54, 1.807) is 23.1 Å². The number of carboxylic acids is 1. The number of benzene rings is 1. The zero-order chi connectivity index (χ0) is 12.3. The standard InChI is InChI=1S/C12H12N2O3/c15-11(16)5-4-9-2-1-3-10(8-9)14-7-6-13-12(14)17/h1-5,8H,6-7H2,(H,13,17)(H,15,16)/b5-4+. The summed E-state index contributed by atoms with van der Waals surface area (Å²) in [5.74, 6) is -0.991. The molecule has 0 aromatic heterocycles. The van der Waals surface area contributed by atoms with Gasteiger partial charge in [0.1, 0.15) is 0 Å². The molecule has 1 fully saturated rings. The topological polar surface area (TPSA) is 69.6 Å². The lowest BCUT2D eigenvalue weighted by molar-refractivity contribution is -0.131. The number of rotatable bonds is 3. The highest BCUT2D eigenvalue weighted by molar-refractivity contribution is 5.94. The number of anilines is 1. The first kappa shape index (κ1) is 11.2. The molecule has 2 N–H and O–H groups in total. The van der Waals surface area contributed by atoms with Crippen molar-refractivity contribution in [1.29, 1.82) is 0 Å². The number of carbonyl (C=O) groups is 2. The van der Waals surface area contributed by atoms with E-state index in [0.717, 1.165) is 17.3 Å². The second kappa shape index (κ2) is 4.69. The number of amides is 2. The fourth-order valence-corrected chi connectivity index (χ4v) is 1.68. The van der Waals surface area contributed by atoms with Crippen LogP contribution in [0.1, 0.15) is 5.56 Å². The second-order valence-electron chi connectivity index (χ2n) is 3.65. The lowest BCUT2D eigenvalue weighted by Crippen LogP contribution is -2.27. The van der Waals surface area contributed by atoms with Gasteiger partial charge >= 0.3 is 12.0 Å². The van der Waals surface area contributed by atoms with Gasteiger partial charge in [0.25, 0.3) is 0 Å². The highest BCUT2D eigenvalue weighted by Gasteiger charge is 2.20. The average molecular weight is 232 g/mol. The average Bonchev–Trinajstić information content (AvgIpc) is 2.73. The summed E-state index contributed by atoms with van der Waals surface area (Å²) >= 11 is 0. The number of hydrogen-bond donors (Lipinski definition) is 2. The first-order valence-electron chi connectivity index (χ1n) is 5.23. The van der Waals surface area contributed by atoms with Crippen molar-refractivity contribution >= 4 is 23.8 Å². The Balaban J connectivity index is 2.22. The summed E-state index contributed by atoms with van der Waals surface area (Å²) in [6, 6.07) is 7.07. The lowest BCUT2D eigenvalue weighted by atomic mass is 10.2. The van der Waals surface area contributed by atoms with Crippen molar-refractivity contribution in [3.63, 3.8) is 0 Å². The van der Waals surface area contributed by atoms with Gasteiger partial charge in [-0.1, -0.05) is 12.1 Å². The van der Waals surface area contributed by atoms with E-state index >= 15 is 0 Å². The Kier molecular flexibility index (Phi) is 3.09. The summed E-state index contributed by atoms with van der Waals surface area (Å²) in [7, 11) is 0. The summed E-state index contributed by atoms with van der Waals surface area (Å²) in [6.07, 6.45) is 2.57. The van der Waals surface area contributed by atoms with Crippen LogP contribution in [0.4, 0.5) is 10.5 Å². The third-order valence-corrected chi connectivity index (χ3v) is 2.46. The van der Waals surface area contributed by atoms with Crippen LogP contribution in [0.25, 0.3) is 6.08 Å². The number of aliphatic carboxylic acids is 1. The Morgan fingerprint density at radius 3 is 2.94 bits per heavy atom. The van der Waals surface area contributed by atoms with Crippen LogP contribution in [-0.4, -0.2) is 30.2 Å². The molecular formula is C12H12N2O3. The summed E-state index contributed by atoms with van der Waals surface area (Å²) < 4.78 is 0. The van der Waals surface area contributed by atoms with Crippen molar-refractivity contribution in [3.8, 4) is 0 Å². The minimum Gasteiger partial charge on any atom is -0.478 e. The molecule has 1 saturated heterocycles. The molecule has 0 spiro atoms. The van der Waals surface area contributed by atoms with Gasteiger partial charge in [0.05, 0.1) is 0 Å². The maximum absolute atomic E-state index is 11.5. The third-order valence-electron chi connectivity index (χ3n) is 2.46. The molecular weight excluding hydrogens is 220 g/mol. The van der Waals surface area contributed by atoms with Crippen molar-refractivity contribution in [2.24, 2.45) is 0 Å². The molecule has 88 valence electrons. The Labute approximate surface area is 98.4 Å². The number of carbonyl (C=O) groups excluding carboxylic acids is 1. The van der Waals surface area contributed by atoms with Gasteiger partial charge in [0.15, 0.2) is 0 Å². The summed E-state index contributed by atoms with van der Waals surface area (Å²) in [6.45, 7) is 1.26. The monoisotopic (exact) mass is 232 g/mol. The van der Waals surface area contributed by atoms with Crippen LogP contribution in [0.5, 0.6) is 0 Å². The SMILES string of the molecule is O=C(O)/C=C/c1cccc(N2CCNC2=O)c1. The fourth-order valence-electron chi connectivity index (χ4n) is 1.68. The van der Waals surface area contributed by atoms with Gasteiger partial charge in [0.2, 0.25) is 0 Å². The number of carboxylic acid groups (broad SMARTS) is 1. The van der Waals surface area contributed by atoms with E-state index in [1.807, 2.05) is 6.07 Å². The summed E-state index contributed by atoms with van der Waals surface area (Å²) in [4.78, 5) is 23.5. The lowest BCUT2D eigenvalue weighted by Gasteiger charge is -2.14. The molecule has 1 aromatic carbocycles. The second-order valence-corrected chi connectivity index (χ2v) is 3.65. The first-order valence-corrected chi connectivity index (χ1v) is 5.23. The molecule has 0 unspecified atom stereocenters. The fraction of sp³-hybridized carbons (Fsp3) is 0.167. The molecule has 0 bridgehead atoms. The minimum atomic E-state index is -0.991. The van der Waals surface area contributed by atoms with Gasteiger partial charge in [-0.25, -0.2) is 9.59 Å². The summed E-state index contributed by atoms with van der Waals surface area (Å²) in [5.41, 5.74) is 1.53. The predicted molar refractivity (Wildman–Crippen MR) is 63.9 cm³/mol. The van der Waals surface area contributed by atoms with E-state index in [2.05, 4.69) is 5.32 Å². The van der Waals surface area contributed by atoms with Gasteiger partial charge in [-0.3, -0.25) is 4.90 Å². The quantitative estimate of drug-likeness (QED) is 0.772. The van der Waals surface area contributed by atoms with E-state index in [4.69, 9.17) is 5.11 Å². The van der Waals surface area contributed by atoms with Crippen LogP contribution in [-0.2, 0) is 4.79 Å². The van der Waals surface area contributed by atoms with Crippen LogP contribution in [0.15, 0.2) is 30.3 Å². The van der Waals surface area contributed by atoms with Crippen LogP contribution in [0.2, 0.25) is 0 Å². The van der Waals surface area contributed by atoms with Crippen LogP contribution in [0, 0.1) is 0 Å². The maximum Gasteiger partial charge on any atom is 0.328 e. The Morgan fingerprint density at radius 2 is 2.29 bits per heavy atom. The molecule has 1 aliphatic heterocycles. The van der Waals surface area contributed by atoms with Crippen molar-refractivity contribution in [2.45, 2.75) is 0 Å². The number of urea groups is 1. The van der Waals surface area contributed by atoms with Crippen molar-refractivity contribution < 1.29 is 14.7 Å². The third kappa shape index (κ3) is 2.63. The van der Waals surface area contributed by atoms with Gasteiger partial charge in [-0.05, 0) is 23.8 Å². The van der Waals surface area contributed by atoms with E-state index < -0.39 is 5.97 Å². The zero-order valence-electron chi connectivity index (χ0n) is 9.09. The van der Waals surface area contributed by atoms with Crippen molar-refractivity contribution in [3.05, 3.63) is 35.9 Å². The van der Waals surface area contributed by atoms with E-state index in [9.17, 15) is 9.59 Å². The Hall–Kier alpha value is -2.30. The van der Waals surface area contributed by atoms with Crippen molar-refractivity contribution in [1.82, 2.24) is 5.32 Å². The van der Waals surface area contributed by atoms with Crippen LogP contribution >= 0.6 is 0 Å². The molecule has 0 saturated carbocycles. The van der Waals surface area contributed by atoms with E-state index in [0.29, 0.717) is 13.1 Å². The molecule has 1 aromatic rings. The van der Waals surface area contributed by atoms with Gasteiger partial charge in [0, 0.05) is 24.9 Å². The number of hydrogen-bond acceptors (Lipinski definition) is 2. The maximum atomic E-state index is 11.5. The molecule has 5 nitrogen and oxygen atoms in total. The molecule has 17 heavy (non-hydrogen) atoms. The normalized spacial score (nSPS) is 15.3. The van der Waals surface area contributed by atoms with E-state index in [1.165, 1.54) is 6.08 Å². The first-order chi connectivity index (χ1) is 8.16. The van der Waals surface area contributed by atoms with Gasteiger partial charge in [-0.15, -0.1) is 0 Å². The molecule has 5 heteroatoms. The molecule has 1 heterocycles. The zero-order valence-corrected chi connectivity index (χ0v) is 9.09.